The van der Waals surface area contributed by atoms with Crippen LogP contribution in [-0.4, -0.2) is 23.6 Å². The van der Waals surface area contributed by atoms with Crippen molar-refractivity contribution in [2.75, 3.05) is 7.11 Å². The van der Waals surface area contributed by atoms with E-state index in [1.165, 1.54) is 0 Å². The molecule has 0 aromatic heterocycles. The molecule has 0 saturated carbocycles. The molecule has 6 rings (SSSR count). The predicted octanol–water partition coefficient (Wildman–Crippen LogP) is 9.42. The van der Waals surface area contributed by atoms with Crippen LogP contribution in [0.3, 0.4) is 0 Å². The van der Waals surface area contributed by atoms with Gasteiger partial charge in [-0.1, -0.05) is 87.8 Å². The molecule has 1 heterocycles. The topological polar surface area (TPSA) is 55.8 Å². The molecule has 1 aliphatic heterocycles. The van der Waals surface area contributed by atoms with Crippen LogP contribution in [0.15, 0.2) is 89.3 Å². The SMILES string of the molecule is COc1cc(C2C3=C(CC(C)(C)CC3=O)N(Cc3ccccc3)C3=C2C(=O)CC(C)(C)C3)cc(I)c1OCc1ccccc1Cl. The van der Waals surface area contributed by atoms with Gasteiger partial charge in [0.2, 0.25) is 0 Å². The summed E-state index contributed by atoms with van der Waals surface area (Å²) in [5.74, 6) is 0.934. The number of allylic oxidation sites excluding steroid dienone is 4. The minimum atomic E-state index is -0.464. The summed E-state index contributed by atoms with van der Waals surface area (Å²) >= 11 is 8.67. The van der Waals surface area contributed by atoms with Crippen molar-refractivity contribution >= 4 is 45.8 Å². The number of ether oxygens (including phenoxy) is 2. The predicted molar refractivity (Wildman–Crippen MR) is 186 cm³/mol. The van der Waals surface area contributed by atoms with Crippen molar-refractivity contribution in [3.63, 3.8) is 0 Å². The van der Waals surface area contributed by atoms with Crippen molar-refractivity contribution < 1.29 is 19.1 Å². The number of benzene rings is 3. The van der Waals surface area contributed by atoms with Crippen LogP contribution in [0.5, 0.6) is 11.5 Å². The fourth-order valence-electron chi connectivity index (χ4n) is 7.15. The van der Waals surface area contributed by atoms with E-state index in [-0.39, 0.29) is 29.0 Å². The molecule has 7 heteroatoms. The third-order valence-corrected chi connectivity index (χ3v) is 10.3. The highest BCUT2D eigenvalue weighted by Gasteiger charge is 2.49. The molecule has 0 fully saturated rings. The van der Waals surface area contributed by atoms with Crippen LogP contribution < -0.4 is 9.47 Å². The zero-order valence-corrected chi connectivity index (χ0v) is 29.4. The lowest BCUT2D eigenvalue weighted by Gasteiger charge is -2.49. The molecule has 3 aromatic rings. The third kappa shape index (κ3) is 6.33. The highest BCUT2D eigenvalue weighted by Crippen LogP contribution is 2.55. The number of carbonyl (C=O) groups is 2. The van der Waals surface area contributed by atoms with Crippen LogP contribution >= 0.6 is 34.2 Å². The van der Waals surface area contributed by atoms with Gasteiger partial charge in [0, 0.05) is 58.4 Å². The van der Waals surface area contributed by atoms with Crippen LogP contribution in [0, 0.1) is 14.4 Å². The Hall–Kier alpha value is -3.10. The van der Waals surface area contributed by atoms with Gasteiger partial charge in [-0.3, -0.25) is 9.59 Å². The molecule has 5 nitrogen and oxygen atoms in total. The fourth-order valence-corrected chi connectivity index (χ4v) is 8.12. The van der Waals surface area contributed by atoms with Crippen molar-refractivity contribution in [3.05, 3.63) is 115 Å². The molecule has 3 aliphatic rings. The Kier molecular flexibility index (Phi) is 8.68. The molecular formula is C38H39ClINO4. The Morgan fingerprint density at radius 3 is 2.00 bits per heavy atom. The summed E-state index contributed by atoms with van der Waals surface area (Å²) in [4.78, 5) is 30.8. The second-order valence-electron chi connectivity index (χ2n) is 14.0. The van der Waals surface area contributed by atoms with E-state index in [1.54, 1.807) is 7.11 Å². The van der Waals surface area contributed by atoms with Gasteiger partial charge >= 0.3 is 0 Å². The molecule has 0 unspecified atom stereocenters. The number of Topliss-reactive ketones (excluding diaryl/α,β-unsaturated/α-hetero) is 2. The number of hydrogen-bond donors (Lipinski definition) is 0. The van der Waals surface area contributed by atoms with Crippen LogP contribution in [0.2, 0.25) is 5.02 Å². The van der Waals surface area contributed by atoms with Crippen molar-refractivity contribution in [1.29, 1.82) is 0 Å². The van der Waals surface area contributed by atoms with Gasteiger partial charge in [0.1, 0.15) is 6.61 Å². The lowest BCUT2D eigenvalue weighted by molar-refractivity contribution is -0.119. The normalized spacial score (nSPS) is 19.4. The summed E-state index contributed by atoms with van der Waals surface area (Å²) in [6, 6.07) is 22.0. The molecule has 3 aromatic carbocycles. The highest BCUT2D eigenvalue weighted by atomic mass is 127. The summed E-state index contributed by atoms with van der Waals surface area (Å²) in [7, 11) is 1.62. The number of rotatable bonds is 7. The lowest BCUT2D eigenvalue weighted by atomic mass is 9.63. The zero-order valence-electron chi connectivity index (χ0n) is 26.5. The van der Waals surface area contributed by atoms with Gasteiger partial charge < -0.3 is 14.4 Å². The van der Waals surface area contributed by atoms with Crippen molar-refractivity contribution in [1.82, 2.24) is 4.90 Å². The lowest BCUT2D eigenvalue weighted by Crippen LogP contribution is -2.44. The van der Waals surface area contributed by atoms with Gasteiger partial charge in [-0.2, -0.15) is 0 Å². The first kappa shape index (κ1) is 31.9. The van der Waals surface area contributed by atoms with E-state index in [1.807, 2.05) is 48.5 Å². The quantitative estimate of drug-likeness (QED) is 0.227. The van der Waals surface area contributed by atoms with E-state index in [0.717, 1.165) is 55.6 Å². The molecule has 0 saturated heterocycles. The monoisotopic (exact) mass is 735 g/mol. The Morgan fingerprint density at radius 2 is 1.42 bits per heavy atom. The smallest absolute Gasteiger partial charge is 0.174 e. The van der Waals surface area contributed by atoms with Gasteiger partial charge in [-0.25, -0.2) is 0 Å². The average Bonchev–Trinajstić information content (AvgIpc) is 2.97. The maximum atomic E-state index is 14.2. The number of hydrogen-bond acceptors (Lipinski definition) is 5. The van der Waals surface area contributed by atoms with E-state index in [9.17, 15) is 9.59 Å². The van der Waals surface area contributed by atoms with Crippen LogP contribution in [-0.2, 0) is 22.7 Å². The van der Waals surface area contributed by atoms with Gasteiger partial charge in [0.05, 0.1) is 10.7 Å². The number of nitrogens with zero attached hydrogens (tertiary/aromatic N) is 1. The Balaban J connectivity index is 1.51. The van der Waals surface area contributed by atoms with E-state index < -0.39 is 5.92 Å². The fraction of sp³-hybridized carbons (Fsp3) is 0.368. The van der Waals surface area contributed by atoms with Crippen LogP contribution in [0.25, 0.3) is 0 Å². The molecule has 2 aliphatic carbocycles. The summed E-state index contributed by atoms with van der Waals surface area (Å²) in [6.45, 7) is 9.58. The molecule has 0 amide bonds. The summed E-state index contributed by atoms with van der Waals surface area (Å²) in [6.07, 6.45) is 2.40. The van der Waals surface area contributed by atoms with E-state index in [2.05, 4.69) is 73.4 Å². The van der Waals surface area contributed by atoms with Gasteiger partial charge in [0.25, 0.3) is 0 Å². The molecule has 0 bridgehead atoms. The van der Waals surface area contributed by atoms with Crippen molar-refractivity contribution in [2.24, 2.45) is 10.8 Å². The first-order chi connectivity index (χ1) is 21.4. The molecule has 0 spiro atoms. The highest BCUT2D eigenvalue weighted by molar-refractivity contribution is 14.1. The molecule has 234 valence electrons. The molecular weight excluding hydrogens is 697 g/mol. The average molecular weight is 736 g/mol. The number of carbonyl (C=O) groups excluding carboxylic acids is 2. The van der Waals surface area contributed by atoms with Crippen LogP contribution in [0.4, 0.5) is 0 Å². The maximum Gasteiger partial charge on any atom is 0.174 e. The maximum absolute atomic E-state index is 14.2. The van der Waals surface area contributed by atoms with E-state index in [4.69, 9.17) is 21.1 Å². The number of methoxy groups -OCH3 is 1. The first-order valence-corrected chi connectivity index (χ1v) is 16.9. The van der Waals surface area contributed by atoms with Crippen LogP contribution in [0.1, 0.15) is 76.0 Å². The van der Waals surface area contributed by atoms with Gasteiger partial charge in [-0.15, -0.1) is 0 Å². The molecule has 45 heavy (non-hydrogen) atoms. The summed E-state index contributed by atoms with van der Waals surface area (Å²) < 4.78 is 13.0. The third-order valence-electron chi connectivity index (χ3n) is 9.12. The van der Waals surface area contributed by atoms with E-state index >= 15 is 0 Å². The van der Waals surface area contributed by atoms with Crippen molar-refractivity contribution in [2.45, 2.75) is 72.4 Å². The van der Waals surface area contributed by atoms with Gasteiger partial charge in [0.15, 0.2) is 23.1 Å². The van der Waals surface area contributed by atoms with E-state index in [0.29, 0.717) is 35.9 Å². The summed E-state index contributed by atoms with van der Waals surface area (Å²) in [5.41, 5.74) is 6.11. The molecule has 0 atom stereocenters. The zero-order chi connectivity index (χ0) is 32.1. The molecule has 0 N–H and O–H groups in total. The van der Waals surface area contributed by atoms with Gasteiger partial charge in [-0.05, 0) is 75.6 Å². The first-order valence-electron chi connectivity index (χ1n) is 15.4. The Labute approximate surface area is 284 Å². The minimum absolute atomic E-state index is 0.113. The number of ketones is 2. The largest absolute Gasteiger partial charge is 0.493 e. The number of halogens is 2. The minimum Gasteiger partial charge on any atom is -0.493 e. The summed E-state index contributed by atoms with van der Waals surface area (Å²) in [5, 5.41) is 0.641. The Morgan fingerprint density at radius 1 is 0.844 bits per heavy atom. The Bertz CT molecular complexity index is 1690. The second-order valence-corrected chi connectivity index (χ2v) is 15.6. The standard InChI is InChI=1S/C38H39ClINO4/c1-37(2)17-28-34(30(42)19-37)33(25-15-27(40)36(32(16-25)44-5)45-22-24-13-9-10-14-26(24)39)35-29(18-38(3,4)20-31(35)43)41(28)21-23-11-7-6-8-12-23/h6-16,33H,17-22H2,1-5H3. The molecule has 0 radical (unpaired) electrons. The second kappa shape index (κ2) is 12.3. The van der Waals surface area contributed by atoms with Crippen molar-refractivity contribution in [3.8, 4) is 11.5 Å².